The molecule has 0 aromatic heterocycles. The van der Waals surface area contributed by atoms with E-state index in [-0.39, 0.29) is 5.78 Å². The van der Waals surface area contributed by atoms with Crippen molar-refractivity contribution in [1.29, 1.82) is 0 Å². The number of carbonyl (C=O) groups is 1. The molecular formula is C8H6N2O. The Hall–Kier alpha value is -1.51. The number of hydrogen-bond acceptors (Lipinski definition) is 3. The number of ketones is 1. The van der Waals surface area contributed by atoms with Crippen molar-refractivity contribution >= 4 is 18.2 Å². The van der Waals surface area contributed by atoms with Gasteiger partial charge < -0.3 is 0 Å². The van der Waals surface area contributed by atoms with Gasteiger partial charge in [-0.25, -0.2) is 0 Å². The van der Waals surface area contributed by atoms with E-state index in [1.807, 2.05) is 6.08 Å². The minimum Gasteiger partial charge on any atom is -0.288 e. The first kappa shape index (κ1) is 6.22. The Bertz CT molecular complexity index is 321. The van der Waals surface area contributed by atoms with Crippen molar-refractivity contribution in [3.05, 3.63) is 23.4 Å². The summed E-state index contributed by atoms with van der Waals surface area (Å²) in [5.41, 5.74) is 1.55. The molecule has 0 bridgehead atoms. The van der Waals surface area contributed by atoms with E-state index in [4.69, 9.17) is 0 Å². The first-order chi connectivity index (χ1) is 5.38. The third kappa shape index (κ3) is 0.941. The summed E-state index contributed by atoms with van der Waals surface area (Å²) in [4.78, 5) is 18.9. The minimum absolute atomic E-state index is 0.0198. The Morgan fingerprint density at radius 2 is 2.27 bits per heavy atom. The molecule has 2 heterocycles. The maximum absolute atomic E-state index is 11.1. The summed E-state index contributed by atoms with van der Waals surface area (Å²) >= 11 is 0. The summed E-state index contributed by atoms with van der Waals surface area (Å²) in [5, 5.41) is 0. The van der Waals surface area contributed by atoms with Crippen molar-refractivity contribution in [1.82, 2.24) is 0 Å². The van der Waals surface area contributed by atoms with Gasteiger partial charge in [0.2, 0.25) is 5.78 Å². The van der Waals surface area contributed by atoms with Crippen LogP contribution in [0.25, 0.3) is 0 Å². The molecule has 0 unspecified atom stereocenters. The predicted molar refractivity (Wildman–Crippen MR) is 43.0 cm³/mol. The Balaban J connectivity index is 2.48. The van der Waals surface area contributed by atoms with Crippen LogP contribution in [0.4, 0.5) is 0 Å². The van der Waals surface area contributed by atoms with E-state index in [1.165, 1.54) is 6.21 Å². The summed E-state index contributed by atoms with van der Waals surface area (Å²) in [6, 6.07) is 0. The van der Waals surface area contributed by atoms with Gasteiger partial charge in [0.05, 0.1) is 12.8 Å². The van der Waals surface area contributed by atoms with Crippen molar-refractivity contribution in [2.45, 2.75) is 0 Å². The summed E-state index contributed by atoms with van der Waals surface area (Å²) in [6.07, 6.45) is 6.48. The fraction of sp³-hybridized carbons (Fsp3) is 0.125. The highest BCUT2D eigenvalue weighted by atomic mass is 16.1. The van der Waals surface area contributed by atoms with E-state index in [0.29, 0.717) is 6.54 Å². The zero-order valence-corrected chi connectivity index (χ0v) is 5.82. The SMILES string of the molecule is O=C1C=NC=C2C=NCC=C12. The van der Waals surface area contributed by atoms with Gasteiger partial charge in [0.1, 0.15) is 0 Å². The Labute approximate surface area is 63.9 Å². The molecule has 2 aliphatic heterocycles. The van der Waals surface area contributed by atoms with Gasteiger partial charge >= 0.3 is 0 Å². The van der Waals surface area contributed by atoms with Crippen molar-refractivity contribution in [2.75, 3.05) is 6.54 Å². The molecule has 0 aromatic rings. The maximum Gasteiger partial charge on any atom is 0.204 e. The summed E-state index contributed by atoms with van der Waals surface area (Å²) < 4.78 is 0. The quantitative estimate of drug-likeness (QED) is 0.491. The van der Waals surface area contributed by atoms with Crippen LogP contribution in [0, 0.1) is 0 Å². The van der Waals surface area contributed by atoms with Gasteiger partial charge in [-0.05, 0) is 0 Å². The number of rotatable bonds is 0. The summed E-state index contributed by atoms with van der Waals surface area (Å²) in [5.74, 6) is -0.0198. The topological polar surface area (TPSA) is 41.8 Å². The van der Waals surface area contributed by atoms with E-state index in [0.717, 1.165) is 11.1 Å². The standard InChI is InChI=1S/C8H6N2O/c11-8-5-10-4-6-3-9-2-1-7(6)8/h1,3-5H,2H2. The lowest BCUT2D eigenvalue weighted by Crippen LogP contribution is -2.13. The minimum atomic E-state index is -0.0198. The molecule has 3 heteroatoms. The fourth-order valence-corrected chi connectivity index (χ4v) is 1.08. The summed E-state index contributed by atoms with van der Waals surface area (Å²) in [6.45, 7) is 0.603. The van der Waals surface area contributed by atoms with E-state index < -0.39 is 0 Å². The molecule has 0 aliphatic carbocycles. The molecule has 0 N–H and O–H groups in total. The lowest BCUT2D eigenvalue weighted by molar-refractivity contribution is -0.109. The molecule has 0 saturated heterocycles. The average molecular weight is 146 g/mol. The van der Waals surface area contributed by atoms with Gasteiger partial charge in [0.15, 0.2) is 0 Å². The van der Waals surface area contributed by atoms with E-state index >= 15 is 0 Å². The van der Waals surface area contributed by atoms with Crippen LogP contribution >= 0.6 is 0 Å². The van der Waals surface area contributed by atoms with Gasteiger partial charge in [0, 0.05) is 23.6 Å². The van der Waals surface area contributed by atoms with Crippen LogP contribution in [0.3, 0.4) is 0 Å². The normalized spacial score (nSPS) is 20.9. The Morgan fingerprint density at radius 1 is 1.36 bits per heavy atom. The first-order valence-electron chi connectivity index (χ1n) is 3.36. The van der Waals surface area contributed by atoms with Crippen LogP contribution < -0.4 is 0 Å². The molecule has 0 saturated carbocycles. The molecule has 0 spiro atoms. The lowest BCUT2D eigenvalue weighted by atomic mass is 10.0. The van der Waals surface area contributed by atoms with Crippen LogP contribution in [0.5, 0.6) is 0 Å². The van der Waals surface area contributed by atoms with E-state index in [1.54, 1.807) is 12.4 Å². The molecule has 0 amide bonds. The molecule has 2 aliphatic rings. The molecule has 54 valence electrons. The van der Waals surface area contributed by atoms with Crippen LogP contribution in [-0.4, -0.2) is 24.8 Å². The number of allylic oxidation sites excluding steroid dienone is 2. The first-order valence-corrected chi connectivity index (χ1v) is 3.36. The van der Waals surface area contributed by atoms with Gasteiger partial charge in [-0.3, -0.25) is 14.8 Å². The van der Waals surface area contributed by atoms with Gasteiger partial charge in [-0.2, -0.15) is 0 Å². The highest BCUT2D eigenvalue weighted by Crippen LogP contribution is 2.15. The molecular weight excluding hydrogens is 140 g/mol. The molecule has 11 heavy (non-hydrogen) atoms. The Morgan fingerprint density at radius 3 is 3.09 bits per heavy atom. The van der Waals surface area contributed by atoms with E-state index in [9.17, 15) is 4.79 Å². The third-order valence-electron chi connectivity index (χ3n) is 1.61. The molecule has 2 rings (SSSR count). The van der Waals surface area contributed by atoms with Gasteiger partial charge in [-0.1, -0.05) is 6.08 Å². The molecule has 0 radical (unpaired) electrons. The second kappa shape index (κ2) is 2.27. The van der Waals surface area contributed by atoms with Crippen molar-refractivity contribution < 1.29 is 4.79 Å². The molecule has 0 aromatic carbocycles. The number of Topliss-reactive ketones (excluding diaryl/α,β-unsaturated/α-hetero) is 1. The van der Waals surface area contributed by atoms with Crippen molar-refractivity contribution in [3.8, 4) is 0 Å². The summed E-state index contributed by atoms with van der Waals surface area (Å²) in [7, 11) is 0. The highest BCUT2D eigenvalue weighted by molar-refractivity contribution is 6.39. The van der Waals surface area contributed by atoms with Crippen molar-refractivity contribution in [3.63, 3.8) is 0 Å². The highest BCUT2D eigenvalue weighted by Gasteiger charge is 2.15. The largest absolute Gasteiger partial charge is 0.288 e. The number of aliphatic imine (C=N–C) groups is 2. The number of nitrogens with zero attached hydrogens (tertiary/aromatic N) is 2. The van der Waals surface area contributed by atoms with Crippen molar-refractivity contribution in [2.24, 2.45) is 9.98 Å². The lowest BCUT2D eigenvalue weighted by Gasteiger charge is -2.09. The molecule has 0 atom stereocenters. The zero-order valence-electron chi connectivity index (χ0n) is 5.82. The average Bonchev–Trinajstić information content (AvgIpc) is 2.06. The van der Waals surface area contributed by atoms with E-state index in [2.05, 4.69) is 9.98 Å². The number of dihydropyridines is 1. The van der Waals surface area contributed by atoms with Gasteiger partial charge in [-0.15, -0.1) is 0 Å². The number of fused-ring (bicyclic) bond motifs is 1. The van der Waals surface area contributed by atoms with Gasteiger partial charge in [0.25, 0.3) is 0 Å². The number of carbonyl (C=O) groups excluding carboxylic acids is 1. The third-order valence-corrected chi connectivity index (χ3v) is 1.61. The Kier molecular flexibility index (Phi) is 1.28. The molecule has 0 fully saturated rings. The second-order valence-corrected chi connectivity index (χ2v) is 2.34. The monoisotopic (exact) mass is 146 g/mol. The van der Waals surface area contributed by atoms with Crippen LogP contribution in [0.1, 0.15) is 0 Å². The second-order valence-electron chi connectivity index (χ2n) is 2.34. The van der Waals surface area contributed by atoms with Crippen LogP contribution in [-0.2, 0) is 4.79 Å². The van der Waals surface area contributed by atoms with Crippen LogP contribution in [0.2, 0.25) is 0 Å². The smallest absolute Gasteiger partial charge is 0.204 e. The fourth-order valence-electron chi connectivity index (χ4n) is 1.08. The zero-order chi connectivity index (χ0) is 7.68. The van der Waals surface area contributed by atoms with Crippen LogP contribution in [0.15, 0.2) is 33.4 Å². The maximum atomic E-state index is 11.1. The number of hydrogen-bond donors (Lipinski definition) is 0. The molecule has 3 nitrogen and oxygen atoms in total. The predicted octanol–water partition coefficient (Wildman–Crippen LogP) is 0.535.